The lowest BCUT2D eigenvalue weighted by Crippen LogP contribution is -2.23. The van der Waals surface area contributed by atoms with Crippen LogP contribution < -0.4 is 0 Å². The highest BCUT2D eigenvalue weighted by Crippen LogP contribution is 2.39. The van der Waals surface area contributed by atoms with Crippen molar-refractivity contribution < 1.29 is 4.79 Å². The van der Waals surface area contributed by atoms with Crippen LogP contribution in [0.25, 0.3) is 10.3 Å². The Kier molecular flexibility index (Phi) is 4.88. The zero-order valence-electron chi connectivity index (χ0n) is 15.8. The van der Waals surface area contributed by atoms with Gasteiger partial charge in [0.1, 0.15) is 10.3 Å². The molecule has 0 spiro atoms. The number of pyridine rings is 1. The Morgan fingerprint density at radius 1 is 1.26 bits per heavy atom. The molecular formula is C20H23N5OS. The van der Waals surface area contributed by atoms with Crippen molar-refractivity contribution in [2.45, 2.75) is 25.8 Å². The summed E-state index contributed by atoms with van der Waals surface area (Å²) in [5.41, 5.74) is 4.30. The first-order valence-electron chi connectivity index (χ1n) is 9.12. The van der Waals surface area contributed by atoms with E-state index in [1.807, 2.05) is 12.3 Å². The van der Waals surface area contributed by atoms with Crippen molar-refractivity contribution in [3.63, 3.8) is 0 Å². The first kappa shape index (κ1) is 18.0. The molecule has 1 aliphatic rings. The van der Waals surface area contributed by atoms with E-state index in [4.69, 9.17) is 0 Å². The van der Waals surface area contributed by atoms with Crippen LogP contribution in [0.2, 0.25) is 0 Å². The third-order valence-corrected chi connectivity index (χ3v) is 6.23. The topological polar surface area (TPSA) is 62.2 Å². The van der Waals surface area contributed by atoms with Crippen LogP contribution in [0.5, 0.6) is 0 Å². The number of fused-ring (bicyclic) bond motifs is 1. The fourth-order valence-corrected chi connectivity index (χ4v) is 4.90. The number of carbonyl (C=O) groups is 1. The summed E-state index contributed by atoms with van der Waals surface area (Å²) in [5.74, 6) is 0.326. The minimum absolute atomic E-state index is 0.0359. The number of carbonyl (C=O) groups excluding carboxylic acids is 1. The number of likely N-dealkylation sites (tertiary alicyclic amines) is 1. The number of rotatable bonds is 4. The van der Waals surface area contributed by atoms with E-state index < -0.39 is 0 Å². The van der Waals surface area contributed by atoms with Gasteiger partial charge in [-0.15, -0.1) is 11.3 Å². The van der Waals surface area contributed by atoms with Gasteiger partial charge >= 0.3 is 0 Å². The molecule has 6 nitrogen and oxygen atoms in total. The lowest BCUT2D eigenvalue weighted by atomic mass is 9.97. The molecule has 0 N–H and O–H groups in total. The predicted octanol–water partition coefficient (Wildman–Crippen LogP) is 3.09. The van der Waals surface area contributed by atoms with E-state index >= 15 is 0 Å². The second kappa shape index (κ2) is 7.32. The standard InChI is InChI=1S/C20H23N5OS/c1-13-5-4-7-21-15(13)12-25-10-6-14(11-25)16-17-19(23-9-8-22-17)27-18(16)20(26)24(2)3/h4-5,7-9,14H,6,10-12H2,1-3H3. The molecule has 140 valence electrons. The second-order valence-electron chi connectivity index (χ2n) is 7.24. The number of aromatic nitrogens is 3. The Morgan fingerprint density at radius 3 is 2.85 bits per heavy atom. The minimum atomic E-state index is 0.0359. The molecule has 0 bridgehead atoms. The third-order valence-electron chi connectivity index (χ3n) is 5.14. The summed E-state index contributed by atoms with van der Waals surface area (Å²) in [6.45, 7) is 4.85. The largest absolute Gasteiger partial charge is 0.344 e. The van der Waals surface area contributed by atoms with Gasteiger partial charge in [-0.2, -0.15) is 0 Å². The molecule has 1 saturated heterocycles. The van der Waals surface area contributed by atoms with Crippen molar-refractivity contribution in [3.8, 4) is 0 Å². The first-order valence-corrected chi connectivity index (χ1v) is 9.94. The van der Waals surface area contributed by atoms with Gasteiger partial charge in [0, 0.05) is 57.3 Å². The summed E-state index contributed by atoms with van der Waals surface area (Å²) in [6.07, 6.45) is 6.28. The maximum atomic E-state index is 12.8. The Bertz CT molecular complexity index is 983. The van der Waals surface area contributed by atoms with Gasteiger partial charge in [0.05, 0.1) is 10.6 Å². The molecule has 0 aromatic carbocycles. The fourth-order valence-electron chi connectivity index (χ4n) is 3.69. The molecule has 1 aliphatic heterocycles. The summed E-state index contributed by atoms with van der Waals surface area (Å²) >= 11 is 1.46. The fraction of sp³-hybridized carbons (Fsp3) is 0.400. The van der Waals surface area contributed by atoms with E-state index in [2.05, 4.69) is 32.8 Å². The Labute approximate surface area is 162 Å². The molecule has 1 unspecified atom stereocenters. The molecule has 1 amide bonds. The minimum Gasteiger partial charge on any atom is -0.344 e. The van der Waals surface area contributed by atoms with Crippen LogP contribution in [0, 0.1) is 6.92 Å². The normalized spacial score (nSPS) is 17.5. The number of thiophene rings is 1. The van der Waals surface area contributed by atoms with Crippen LogP contribution in [0.15, 0.2) is 30.7 Å². The first-order chi connectivity index (χ1) is 13.0. The van der Waals surface area contributed by atoms with Crippen molar-refractivity contribution >= 4 is 27.6 Å². The van der Waals surface area contributed by atoms with Gasteiger partial charge in [0.15, 0.2) is 0 Å². The summed E-state index contributed by atoms with van der Waals surface area (Å²) in [7, 11) is 3.59. The van der Waals surface area contributed by atoms with Crippen LogP contribution in [-0.2, 0) is 6.54 Å². The lowest BCUT2D eigenvalue weighted by molar-refractivity contribution is 0.0831. The molecule has 0 radical (unpaired) electrons. The van der Waals surface area contributed by atoms with E-state index in [-0.39, 0.29) is 5.91 Å². The summed E-state index contributed by atoms with van der Waals surface area (Å²) in [6, 6.07) is 4.08. The van der Waals surface area contributed by atoms with E-state index in [9.17, 15) is 4.79 Å². The van der Waals surface area contributed by atoms with Crippen molar-refractivity contribution in [2.75, 3.05) is 27.2 Å². The van der Waals surface area contributed by atoms with Crippen molar-refractivity contribution in [1.82, 2.24) is 24.8 Å². The second-order valence-corrected chi connectivity index (χ2v) is 8.24. The van der Waals surface area contributed by atoms with Crippen LogP contribution in [0.4, 0.5) is 0 Å². The van der Waals surface area contributed by atoms with Crippen LogP contribution >= 0.6 is 11.3 Å². The Hall–Kier alpha value is -2.38. The van der Waals surface area contributed by atoms with Crippen LogP contribution in [0.1, 0.15) is 38.8 Å². The predicted molar refractivity (Wildman–Crippen MR) is 107 cm³/mol. The molecule has 1 fully saturated rings. The van der Waals surface area contributed by atoms with E-state index in [0.717, 1.165) is 52.5 Å². The molecule has 7 heteroatoms. The van der Waals surface area contributed by atoms with Crippen molar-refractivity contribution in [2.24, 2.45) is 0 Å². The molecule has 1 atom stereocenters. The highest BCUT2D eigenvalue weighted by molar-refractivity contribution is 7.20. The zero-order chi connectivity index (χ0) is 19.0. The number of hydrogen-bond donors (Lipinski definition) is 0. The van der Waals surface area contributed by atoms with Crippen molar-refractivity contribution in [3.05, 3.63) is 52.4 Å². The van der Waals surface area contributed by atoms with Gasteiger partial charge < -0.3 is 4.90 Å². The smallest absolute Gasteiger partial charge is 0.263 e. The van der Waals surface area contributed by atoms with Crippen molar-refractivity contribution in [1.29, 1.82) is 0 Å². The van der Waals surface area contributed by atoms with Gasteiger partial charge in [0.25, 0.3) is 5.91 Å². The summed E-state index contributed by atoms with van der Waals surface area (Å²) in [5, 5.41) is 0. The lowest BCUT2D eigenvalue weighted by Gasteiger charge is -2.17. The van der Waals surface area contributed by atoms with Gasteiger partial charge in [-0.3, -0.25) is 19.7 Å². The SMILES string of the molecule is Cc1cccnc1CN1CCC(c2c(C(=O)N(C)C)sc3nccnc23)C1. The molecule has 0 aliphatic carbocycles. The number of nitrogens with zero attached hydrogens (tertiary/aromatic N) is 5. The number of aryl methyl sites for hydroxylation is 1. The molecule has 27 heavy (non-hydrogen) atoms. The van der Waals surface area contributed by atoms with Crippen LogP contribution in [0.3, 0.4) is 0 Å². The molecular weight excluding hydrogens is 358 g/mol. The molecule has 3 aromatic heterocycles. The highest BCUT2D eigenvalue weighted by Gasteiger charge is 2.32. The highest BCUT2D eigenvalue weighted by atomic mass is 32.1. The maximum absolute atomic E-state index is 12.8. The van der Waals surface area contributed by atoms with Gasteiger partial charge in [-0.05, 0) is 31.5 Å². The van der Waals surface area contributed by atoms with Gasteiger partial charge in [-0.25, -0.2) is 4.98 Å². The quantitative estimate of drug-likeness (QED) is 0.695. The van der Waals surface area contributed by atoms with Crippen LogP contribution in [-0.4, -0.2) is 57.8 Å². The molecule has 3 aromatic rings. The molecule has 4 rings (SSSR count). The van der Waals surface area contributed by atoms with E-state index in [1.54, 1.807) is 31.4 Å². The third kappa shape index (κ3) is 3.44. The number of amides is 1. The monoisotopic (exact) mass is 381 g/mol. The molecule has 4 heterocycles. The average Bonchev–Trinajstić information content (AvgIpc) is 3.26. The summed E-state index contributed by atoms with van der Waals surface area (Å²) < 4.78 is 0. The van der Waals surface area contributed by atoms with Gasteiger partial charge in [-0.1, -0.05) is 6.07 Å². The van der Waals surface area contributed by atoms with E-state index in [1.165, 1.54) is 16.9 Å². The maximum Gasteiger partial charge on any atom is 0.263 e. The number of hydrogen-bond acceptors (Lipinski definition) is 6. The Balaban J connectivity index is 1.64. The van der Waals surface area contributed by atoms with E-state index in [0.29, 0.717) is 5.92 Å². The Morgan fingerprint density at radius 2 is 2.07 bits per heavy atom. The average molecular weight is 382 g/mol. The summed E-state index contributed by atoms with van der Waals surface area (Å²) in [4.78, 5) is 32.0. The van der Waals surface area contributed by atoms with Gasteiger partial charge in [0.2, 0.25) is 0 Å². The molecule has 0 saturated carbocycles. The zero-order valence-corrected chi connectivity index (χ0v) is 16.7.